The van der Waals surface area contributed by atoms with Crippen LogP contribution in [0.15, 0.2) is 12.7 Å². The molecule has 4 fully saturated rings. The van der Waals surface area contributed by atoms with Gasteiger partial charge in [-0.25, -0.2) is 0 Å². The molecule has 9 atom stereocenters. The SMILES string of the molecule is C=C[C@]12CC[C@H]3[C@@H](CC[C@H]4C[C@H](C)CC[C@@]43C)[C@@H]1CC[C@@H]2[C@@H](C)O. The zero-order valence-corrected chi connectivity index (χ0v) is 16.1. The van der Waals surface area contributed by atoms with Gasteiger partial charge in [0.15, 0.2) is 0 Å². The number of hydrogen-bond acceptors (Lipinski definition) is 1. The topological polar surface area (TPSA) is 20.2 Å². The Morgan fingerprint density at radius 2 is 1.83 bits per heavy atom. The van der Waals surface area contributed by atoms with E-state index in [9.17, 15) is 5.11 Å². The lowest BCUT2D eigenvalue weighted by atomic mass is 9.44. The molecule has 4 rings (SSSR count). The van der Waals surface area contributed by atoms with Crippen molar-refractivity contribution in [3.05, 3.63) is 12.7 Å². The van der Waals surface area contributed by atoms with E-state index in [1.54, 1.807) is 0 Å². The first-order valence-electron chi connectivity index (χ1n) is 10.7. The fraction of sp³-hybridized carbons (Fsp3) is 0.913. The van der Waals surface area contributed by atoms with Crippen LogP contribution in [-0.4, -0.2) is 11.2 Å². The number of fused-ring (bicyclic) bond motifs is 5. The first kappa shape index (κ1) is 17.1. The Kier molecular flexibility index (Phi) is 4.18. The van der Waals surface area contributed by atoms with E-state index in [1.807, 2.05) is 6.92 Å². The molecule has 0 aliphatic heterocycles. The van der Waals surface area contributed by atoms with E-state index in [-0.39, 0.29) is 11.5 Å². The van der Waals surface area contributed by atoms with Gasteiger partial charge >= 0.3 is 0 Å². The molecule has 136 valence electrons. The van der Waals surface area contributed by atoms with Crippen molar-refractivity contribution in [2.75, 3.05) is 0 Å². The van der Waals surface area contributed by atoms with Gasteiger partial charge in [0.05, 0.1) is 6.10 Å². The summed E-state index contributed by atoms with van der Waals surface area (Å²) < 4.78 is 0. The highest BCUT2D eigenvalue weighted by Crippen LogP contribution is 2.68. The Labute approximate surface area is 149 Å². The summed E-state index contributed by atoms with van der Waals surface area (Å²) in [6.45, 7) is 11.4. The molecule has 0 saturated heterocycles. The minimum Gasteiger partial charge on any atom is -0.393 e. The maximum absolute atomic E-state index is 10.4. The molecule has 1 heteroatoms. The van der Waals surface area contributed by atoms with E-state index in [2.05, 4.69) is 26.5 Å². The van der Waals surface area contributed by atoms with Crippen molar-refractivity contribution >= 4 is 0 Å². The summed E-state index contributed by atoms with van der Waals surface area (Å²) in [7, 11) is 0. The van der Waals surface area contributed by atoms with Crippen LogP contribution in [0.3, 0.4) is 0 Å². The number of allylic oxidation sites excluding steroid dienone is 1. The molecule has 0 aromatic carbocycles. The maximum atomic E-state index is 10.4. The monoisotopic (exact) mass is 330 g/mol. The molecule has 1 N–H and O–H groups in total. The predicted octanol–water partition coefficient (Wildman–Crippen LogP) is 5.83. The molecule has 24 heavy (non-hydrogen) atoms. The fourth-order valence-electron chi connectivity index (χ4n) is 8.33. The molecule has 0 spiro atoms. The zero-order valence-electron chi connectivity index (χ0n) is 16.1. The summed E-state index contributed by atoms with van der Waals surface area (Å²) in [6.07, 6.45) is 14.6. The summed E-state index contributed by atoms with van der Waals surface area (Å²) in [6, 6.07) is 0. The summed E-state index contributed by atoms with van der Waals surface area (Å²) in [5, 5.41) is 10.4. The lowest BCUT2D eigenvalue weighted by Gasteiger charge is -2.61. The first-order chi connectivity index (χ1) is 11.4. The van der Waals surface area contributed by atoms with Gasteiger partial charge in [-0.2, -0.15) is 0 Å². The van der Waals surface area contributed by atoms with Crippen molar-refractivity contribution in [2.24, 2.45) is 46.3 Å². The van der Waals surface area contributed by atoms with Crippen molar-refractivity contribution in [1.82, 2.24) is 0 Å². The van der Waals surface area contributed by atoms with Crippen LogP contribution in [0.2, 0.25) is 0 Å². The van der Waals surface area contributed by atoms with E-state index in [0.717, 1.165) is 29.6 Å². The van der Waals surface area contributed by atoms with Gasteiger partial charge in [-0.3, -0.25) is 0 Å². The van der Waals surface area contributed by atoms with Gasteiger partial charge < -0.3 is 5.11 Å². The van der Waals surface area contributed by atoms with Crippen LogP contribution in [-0.2, 0) is 0 Å². The van der Waals surface area contributed by atoms with Gasteiger partial charge in [0.2, 0.25) is 0 Å². The summed E-state index contributed by atoms with van der Waals surface area (Å²) in [4.78, 5) is 0. The van der Waals surface area contributed by atoms with E-state index in [0.29, 0.717) is 11.3 Å². The van der Waals surface area contributed by atoms with Crippen LogP contribution >= 0.6 is 0 Å². The molecule has 0 heterocycles. The molecule has 1 nitrogen and oxygen atoms in total. The smallest absolute Gasteiger partial charge is 0.0548 e. The Hall–Kier alpha value is -0.300. The van der Waals surface area contributed by atoms with Crippen LogP contribution < -0.4 is 0 Å². The van der Waals surface area contributed by atoms with E-state index >= 15 is 0 Å². The standard InChI is InChI=1S/C23H38O/c1-5-23-13-11-20-18(21(23)9-8-19(23)16(3)24)7-6-17-14-15(2)10-12-22(17,20)4/h5,15-21,24H,1,6-14H2,2-4H3/t15-,16-,17+,18-,19-,20+,21+,22+,23-/m1/s1. The Morgan fingerprint density at radius 3 is 2.54 bits per heavy atom. The molecule has 0 unspecified atom stereocenters. The Bertz CT molecular complexity index is 496. The summed E-state index contributed by atoms with van der Waals surface area (Å²) >= 11 is 0. The van der Waals surface area contributed by atoms with Crippen LogP contribution in [0.5, 0.6) is 0 Å². The van der Waals surface area contributed by atoms with Gasteiger partial charge in [-0.1, -0.05) is 26.3 Å². The van der Waals surface area contributed by atoms with E-state index in [4.69, 9.17) is 0 Å². The quantitative estimate of drug-likeness (QED) is 0.632. The number of rotatable bonds is 2. The van der Waals surface area contributed by atoms with Crippen LogP contribution in [0.25, 0.3) is 0 Å². The van der Waals surface area contributed by atoms with Crippen LogP contribution in [0.1, 0.15) is 78.6 Å². The predicted molar refractivity (Wildman–Crippen MR) is 101 cm³/mol. The molecular formula is C23H38O. The average molecular weight is 331 g/mol. The van der Waals surface area contributed by atoms with Crippen molar-refractivity contribution in [1.29, 1.82) is 0 Å². The summed E-state index contributed by atoms with van der Waals surface area (Å²) in [5.74, 6) is 5.02. The molecule has 0 radical (unpaired) electrons. The largest absolute Gasteiger partial charge is 0.393 e. The van der Waals surface area contributed by atoms with Crippen molar-refractivity contribution in [2.45, 2.75) is 84.7 Å². The molecule has 0 aromatic rings. The van der Waals surface area contributed by atoms with Gasteiger partial charge in [0.1, 0.15) is 0 Å². The summed E-state index contributed by atoms with van der Waals surface area (Å²) in [5.41, 5.74) is 0.839. The fourth-order valence-corrected chi connectivity index (χ4v) is 8.33. The van der Waals surface area contributed by atoms with Gasteiger partial charge in [0.25, 0.3) is 0 Å². The second-order valence-corrected chi connectivity index (χ2v) is 10.3. The zero-order chi connectivity index (χ0) is 17.1. The highest BCUT2D eigenvalue weighted by atomic mass is 16.3. The molecule has 0 bridgehead atoms. The third kappa shape index (κ3) is 2.22. The third-order valence-corrected chi connectivity index (χ3v) is 9.54. The first-order valence-corrected chi connectivity index (χ1v) is 10.7. The number of aliphatic hydroxyl groups is 1. The van der Waals surface area contributed by atoms with Gasteiger partial charge in [-0.05, 0) is 105 Å². The van der Waals surface area contributed by atoms with E-state index < -0.39 is 0 Å². The molecule has 4 aliphatic carbocycles. The maximum Gasteiger partial charge on any atom is 0.0548 e. The minimum atomic E-state index is -0.174. The van der Waals surface area contributed by atoms with Gasteiger partial charge in [0, 0.05) is 0 Å². The lowest BCUT2D eigenvalue weighted by Crippen LogP contribution is -2.54. The number of hydrogen-bond donors (Lipinski definition) is 1. The lowest BCUT2D eigenvalue weighted by molar-refractivity contribution is -0.115. The second kappa shape index (κ2) is 5.86. The van der Waals surface area contributed by atoms with E-state index in [1.165, 1.54) is 57.8 Å². The van der Waals surface area contributed by atoms with Crippen LogP contribution in [0.4, 0.5) is 0 Å². The minimum absolute atomic E-state index is 0.174. The highest BCUT2D eigenvalue weighted by Gasteiger charge is 2.61. The Balaban J connectivity index is 1.64. The van der Waals surface area contributed by atoms with Gasteiger partial charge in [-0.15, -0.1) is 6.58 Å². The third-order valence-electron chi connectivity index (χ3n) is 9.54. The second-order valence-electron chi connectivity index (χ2n) is 10.3. The number of aliphatic hydroxyl groups excluding tert-OH is 1. The molecule has 4 saturated carbocycles. The van der Waals surface area contributed by atoms with Crippen LogP contribution in [0, 0.1) is 46.3 Å². The van der Waals surface area contributed by atoms with Crippen molar-refractivity contribution in [3.63, 3.8) is 0 Å². The molecule has 4 aliphatic rings. The molecule has 0 amide bonds. The molecule has 0 aromatic heterocycles. The van der Waals surface area contributed by atoms with Crippen molar-refractivity contribution in [3.8, 4) is 0 Å². The average Bonchev–Trinajstić information content (AvgIpc) is 2.95. The normalized spacial score (nSPS) is 55.2. The highest BCUT2D eigenvalue weighted by molar-refractivity contribution is 5.16. The molecular weight excluding hydrogens is 292 g/mol. The van der Waals surface area contributed by atoms with Crippen molar-refractivity contribution < 1.29 is 5.11 Å². The Morgan fingerprint density at radius 1 is 1.04 bits per heavy atom.